The number of thiophene rings is 1. The molecule has 204 valence electrons. The molecule has 0 spiro atoms. The molecule has 1 heterocycles. The first-order chi connectivity index (χ1) is 18.3. The number of hydrogen-bond acceptors (Lipinski definition) is 7. The van der Waals surface area contributed by atoms with Crippen LogP contribution in [0.4, 0.5) is 0 Å². The van der Waals surface area contributed by atoms with Crippen LogP contribution in [0.25, 0.3) is 0 Å². The Morgan fingerprint density at radius 2 is 1.61 bits per heavy atom. The van der Waals surface area contributed by atoms with E-state index in [-0.39, 0.29) is 24.4 Å². The molecule has 9 heteroatoms. The molecule has 0 unspecified atom stereocenters. The quantitative estimate of drug-likeness (QED) is 0.307. The molecule has 0 aliphatic rings. The molecular formula is C29H36N2O6S. The van der Waals surface area contributed by atoms with Gasteiger partial charge in [0, 0.05) is 23.5 Å². The van der Waals surface area contributed by atoms with E-state index in [9.17, 15) is 9.59 Å². The fraction of sp³-hybridized carbons (Fsp3) is 0.379. The summed E-state index contributed by atoms with van der Waals surface area (Å²) >= 11 is 1.60. The Balaban J connectivity index is 1.81. The van der Waals surface area contributed by atoms with Crippen LogP contribution in [0.1, 0.15) is 34.6 Å². The summed E-state index contributed by atoms with van der Waals surface area (Å²) in [6, 6.07) is 14.6. The lowest BCUT2D eigenvalue weighted by Crippen LogP contribution is -2.46. The minimum atomic E-state index is -0.274. The summed E-state index contributed by atoms with van der Waals surface area (Å²) in [5.74, 6) is 1.88. The second-order valence-corrected chi connectivity index (χ2v) is 9.96. The molecular weight excluding hydrogens is 504 g/mol. The second-order valence-electron chi connectivity index (χ2n) is 8.93. The van der Waals surface area contributed by atoms with E-state index in [1.54, 1.807) is 60.7 Å². The molecule has 0 aliphatic heterocycles. The maximum absolute atomic E-state index is 13.7. The highest BCUT2D eigenvalue weighted by atomic mass is 32.1. The number of benzene rings is 2. The van der Waals surface area contributed by atoms with E-state index in [0.717, 1.165) is 10.4 Å². The van der Waals surface area contributed by atoms with Crippen molar-refractivity contribution in [1.29, 1.82) is 0 Å². The summed E-state index contributed by atoms with van der Waals surface area (Å²) in [6.45, 7) is 4.69. The number of rotatable bonds is 13. The van der Waals surface area contributed by atoms with Crippen LogP contribution >= 0.6 is 11.3 Å². The van der Waals surface area contributed by atoms with Crippen LogP contribution in [0.15, 0.2) is 53.9 Å². The van der Waals surface area contributed by atoms with E-state index >= 15 is 0 Å². The van der Waals surface area contributed by atoms with Crippen molar-refractivity contribution in [3.05, 3.63) is 69.9 Å². The monoisotopic (exact) mass is 540 g/mol. The van der Waals surface area contributed by atoms with E-state index in [1.807, 2.05) is 49.6 Å². The SMILES string of the molecule is COc1ccc(C(=O)N(CC(=O)N(CCc2ccc(OC)c(OC)c2)Cc2cccs2)C(C)C)c(OC)c1. The van der Waals surface area contributed by atoms with Gasteiger partial charge < -0.3 is 28.7 Å². The van der Waals surface area contributed by atoms with Gasteiger partial charge in [0.25, 0.3) is 5.91 Å². The Kier molecular flexibility index (Phi) is 10.4. The number of methoxy groups -OCH3 is 4. The maximum Gasteiger partial charge on any atom is 0.258 e. The van der Waals surface area contributed by atoms with Crippen LogP contribution in [0.3, 0.4) is 0 Å². The molecule has 3 rings (SSSR count). The number of amides is 2. The average molecular weight is 541 g/mol. The van der Waals surface area contributed by atoms with Crippen molar-refractivity contribution in [3.8, 4) is 23.0 Å². The van der Waals surface area contributed by atoms with Crippen molar-refractivity contribution in [2.24, 2.45) is 0 Å². The number of carbonyl (C=O) groups is 2. The van der Waals surface area contributed by atoms with Crippen LogP contribution in [0.2, 0.25) is 0 Å². The first-order valence-electron chi connectivity index (χ1n) is 12.3. The van der Waals surface area contributed by atoms with Crippen LogP contribution in [0, 0.1) is 0 Å². The van der Waals surface area contributed by atoms with Gasteiger partial charge in [0.1, 0.15) is 18.0 Å². The van der Waals surface area contributed by atoms with Gasteiger partial charge in [0.2, 0.25) is 5.91 Å². The Bertz CT molecular complexity index is 1210. The summed E-state index contributed by atoms with van der Waals surface area (Å²) < 4.78 is 21.5. The van der Waals surface area contributed by atoms with Gasteiger partial charge in [0.15, 0.2) is 11.5 Å². The molecule has 38 heavy (non-hydrogen) atoms. The third-order valence-electron chi connectivity index (χ3n) is 6.23. The normalized spacial score (nSPS) is 10.7. The van der Waals surface area contributed by atoms with Crippen molar-refractivity contribution in [3.63, 3.8) is 0 Å². The van der Waals surface area contributed by atoms with Crippen molar-refractivity contribution >= 4 is 23.2 Å². The van der Waals surface area contributed by atoms with Gasteiger partial charge in [-0.3, -0.25) is 9.59 Å². The fourth-order valence-electron chi connectivity index (χ4n) is 4.05. The zero-order valence-corrected chi connectivity index (χ0v) is 23.7. The van der Waals surface area contributed by atoms with Gasteiger partial charge in [-0.25, -0.2) is 0 Å². The van der Waals surface area contributed by atoms with Crippen molar-refractivity contribution in [2.75, 3.05) is 41.5 Å². The van der Waals surface area contributed by atoms with Gasteiger partial charge >= 0.3 is 0 Å². The molecule has 0 atom stereocenters. The fourth-order valence-corrected chi connectivity index (χ4v) is 4.77. The summed E-state index contributed by atoms with van der Waals surface area (Å²) in [7, 11) is 6.26. The highest BCUT2D eigenvalue weighted by Gasteiger charge is 2.27. The molecule has 0 N–H and O–H groups in total. The standard InChI is InChI=1S/C29H36N2O6S/c1-20(2)31(29(33)24-11-10-22(34-3)17-26(24)36-5)19-28(32)30(18-23-8-7-15-38-23)14-13-21-9-12-25(35-4)27(16-21)37-6/h7-12,15-17,20H,13-14,18-19H2,1-6H3. The molecule has 0 saturated heterocycles. The van der Waals surface area contributed by atoms with E-state index in [4.69, 9.17) is 18.9 Å². The van der Waals surface area contributed by atoms with E-state index < -0.39 is 0 Å². The van der Waals surface area contributed by atoms with Gasteiger partial charge in [0.05, 0.1) is 40.5 Å². The predicted octanol–water partition coefficient (Wildman–Crippen LogP) is 4.90. The summed E-state index contributed by atoms with van der Waals surface area (Å²) in [5, 5.41) is 1.99. The number of ether oxygens (including phenoxy) is 4. The zero-order valence-electron chi connectivity index (χ0n) is 22.9. The van der Waals surface area contributed by atoms with Gasteiger partial charge in [-0.2, -0.15) is 0 Å². The smallest absolute Gasteiger partial charge is 0.258 e. The molecule has 2 amide bonds. The molecule has 1 aromatic heterocycles. The molecule has 2 aromatic carbocycles. The lowest BCUT2D eigenvalue weighted by atomic mass is 10.1. The third kappa shape index (κ3) is 7.19. The highest BCUT2D eigenvalue weighted by molar-refractivity contribution is 7.09. The molecule has 0 saturated carbocycles. The first kappa shape index (κ1) is 28.8. The van der Waals surface area contributed by atoms with Crippen molar-refractivity contribution in [2.45, 2.75) is 32.9 Å². The topological polar surface area (TPSA) is 77.5 Å². The van der Waals surface area contributed by atoms with E-state index in [1.165, 1.54) is 7.11 Å². The Morgan fingerprint density at radius 1 is 0.868 bits per heavy atom. The van der Waals surface area contributed by atoms with Crippen molar-refractivity contribution < 1.29 is 28.5 Å². The molecule has 0 radical (unpaired) electrons. The number of nitrogens with zero attached hydrogens (tertiary/aromatic N) is 2. The Labute approximate surface area is 228 Å². The lowest BCUT2D eigenvalue weighted by Gasteiger charge is -2.30. The Hall–Kier alpha value is -3.72. The van der Waals surface area contributed by atoms with Gasteiger partial charge in [-0.15, -0.1) is 11.3 Å². The zero-order chi connectivity index (χ0) is 27.7. The van der Waals surface area contributed by atoms with E-state index in [2.05, 4.69) is 0 Å². The summed E-state index contributed by atoms with van der Waals surface area (Å²) in [4.78, 5) is 31.7. The van der Waals surface area contributed by atoms with Gasteiger partial charge in [-0.1, -0.05) is 12.1 Å². The maximum atomic E-state index is 13.7. The average Bonchev–Trinajstić information content (AvgIpc) is 3.45. The summed E-state index contributed by atoms with van der Waals surface area (Å²) in [6.07, 6.45) is 0.624. The molecule has 0 bridgehead atoms. The highest BCUT2D eigenvalue weighted by Crippen LogP contribution is 2.28. The molecule has 8 nitrogen and oxygen atoms in total. The largest absolute Gasteiger partial charge is 0.497 e. The Morgan fingerprint density at radius 3 is 2.21 bits per heavy atom. The first-order valence-corrected chi connectivity index (χ1v) is 13.2. The predicted molar refractivity (Wildman–Crippen MR) is 149 cm³/mol. The lowest BCUT2D eigenvalue weighted by molar-refractivity contribution is -0.132. The van der Waals surface area contributed by atoms with Crippen LogP contribution in [-0.4, -0.2) is 69.2 Å². The molecule has 0 fully saturated rings. The van der Waals surface area contributed by atoms with Crippen LogP contribution < -0.4 is 18.9 Å². The number of hydrogen-bond donors (Lipinski definition) is 0. The second kappa shape index (κ2) is 13.7. The molecule has 0 aliphatic carbocycles. The third-order valence-corrected chi connectivity index (χ3v) is 7.09. The van der Waals surface area contributed by atoms with Crippen molar-refractivity contribution in [1.82, 2.24) is 9.80 Å². The summed E-state index contributed by atoms with van der Waals surface area (Å²) in [5.41, 5.74) is 1.40. The van der Waals surface area contributed by atoms with Gasteiger partial charge in [-0.05, 0) is 61.5 Å². The van der Waals surface area contributed by atoms with Crippen LogP contribution in [0.5, 0.6) is 23.0 Å². The number of carbonyl (C=O) groups excluding carboxylic acids is 2. The minimum Gasteiger partial charge on any atom is -0.497 e. The van der Waals surface area contributed by atoms with E-state index in [0.29, 0.717) is 48.1 Å². The van der Waals surface area contributed by atoms with Crippen LogP contribution in [-0.2, 0) is 17.8 Å². The molecule has 3 aromatic rings. The minimum absolute atomic E-state index is 0.0526.